The molecule has 0 N–H and O–H groups in total. The van der Waals surface area contributed by atoms with Gasteiger partial charge < -0.3 is 0 Å². The predicted molar refractivity (Wildman–Crippen MR) is 50.5 cm³/mol. The van der Waals surface area contributed by atoms with Gasteiger partial charge in [-0.1, -0.05) is 0 Å². The van der Waals surface area contributed by atoms with Gasteiger partial charge in [-0.3, -0.25) is 10.1 Å². The molecule has 1 aromatic carbocycles. The molecule has 15 heavy (non-hydrogen) atoms. The topological polar surface area (TPSA) is 86.7 Å². The summed E-state index contributed by atoms with van der Waals surface area (Å²) in [7, 11) is 0. The van der Waals surface area contributed by atoms with Crippen LogP contribution in [0.1, 0.15) is 5.56 Å². The molecule has 0 unspecified atom stereocenters. The minimum absolute atomic E-state index is 0.0823. The van der Waals surface area contributed by atoms with Crippen LogP contribution in [-0.2, 0) is 0 Å². The van der Waals surface area contributed by atoms with Gasteiger partial charge in [-0.05, 0) is 24.3 Å². The summed E-state index contributed by atoms with van der Waals surface area (Å²) in [5, 5.41) is 21.6. The molecule has 2 aromatic rings. The van der Waals surface area contributed by atoms with Crippen molar-refractivity contribution in [2.75, 3.05) is 0 Å². The highest BCUT2D eigenvalue weighted by Gasteiger charge is 2.11. The Morgan fingerprint density at radius 2 is 2.27 bits per heavy atom. The Hall–Kier alpha value is -2.31. The van der Waals surface area contributed by atoms with Crippen molar-refractivity contribution in [3.05, 3.63) is 40.2 Å². The summed E-state index contributed by atoms with van der Waals surface area (Å²) in [6, 6.07) is 4.64. The first-order valence-corrected chi connectivity index (χ1v) is 4.17. The lowest BCUT2D eigenvalue weighted by Crippen LogP contribution is -2.00. The number of nitro groups is 1. The van der Waals surface area contributed by atoms with Crippen LogP contribution >= 0.6 is 0 Å². The Bertz CT molecular complexity index is 494. The molecule has 0 aliphatic rings. The molecule has 0 atom stereocenters. The van der Waals surface area contributed by atoms with Crippen molar-refractivity contribution < 1.29 is 4.92 Å². The summed E-state index contributed by atoms with van der Waals surface area (Å²) in [4.78, 5) is 11.5. The Morgan fingerprint density at radius 1 is 1.47 bits per heavy atom. The highest BCUT2D eigenvalue weighted by atomic mass is 16.6. The lowest BCUT2D eigenvalue weighted by atomic mass is 10.2. The van der Waals surface area contributed by atoms with Crippen LogP contribution in [0, 0.1) is 17.0 Å². The zero-order valence-corrected chi connectivity index (χ0v) is 7.86. The maximum Gasteiger partial charge on any atom is 0.272 e. The molecular weight excluding hydrogens is 198 g/mol. The normalized spacial score (nSPS) is 10.2. The van der Waals surface area contributed by atoms with E-state index < -0.39 is 4.92 Å². The third-order valence-corrected chi connectivity index (χ3v) is 1.96. The molecule has 0 fully saturated rings. The summed E-state index contributed by atoms with van der Waals surface area (Å²) in [6.45, 7) is 1.67. The van der Waals surface area contributed by atoms with Gasteiger partial charge in [0, 0.05) is 11.6 Å². The SMILES string of the molecule is Cc1cc(-n2ncnn2)ccc1[N+](=O)[O-]. The van der Waals surface area contributed by atoms with Crippen molar-refractivity contribution in [3.8, 4) is 5.69 Å². The molecule has 1 heterocycles. The zero-order chi connectivity index (χ0) is 10.8. The molecule has 0 aliphatic heterocycles. The molecule has 0 saturated heterocycles. The molecule has 0 spiro atoms. The smallest absolute Gasteiger partial charge is 0.258 e. The van der Waals surface area contributed by atoms with E-state index in [2.05, 4.69) is 15.4 Å². The molecular formula is C8H7N5O2. The fraction of sp³-hybridized carbons (Fsp3) is 0.125. The summed E-state index contributed by atoms with van der Waals surface area (Å²) >= 11 is 0. The first kappa shape index (κ1) is 9.25. The second-order valence-corrected chi connectivity index (χ2v) is 2.95. The number of nitro benzene ring substituents is 1. The monoisotopic (exact) mass is 205 g/mol. The van der Waals surface area contributed by atoms with Gasteiger partial charge in [-0.15, -0.1) is 15.0 Å². The average molecular weight is 205 g/mol. The molecule has 0 saturated carbocycles. The Kier molecular flexibility index (Phi) is 2.13. The van der Waals surface area contributed by atoms with E-state index in [0.717, 1.165) is 0 Å². The molecule has 0 bridgehead atoms. The second kappa shape index (κ2) is 3.45. The fourth-order valence-corrected chi connectivity index (χ4v) is 1.25. The Morgan fingerprint density at radius 3 is 2.80 bits per heavy atom. The van der Waals surface area contributed by atoms with E-state index >= 15 is 0 Å². The third-order valence-electron chi connectivity index (χ3n) is 1.96. The van der Waals surface area contributed by atoms with E-state index in [4.69, 9.17) is 0 Å². The number of nitrogens with zero attached hydrogens (tertiary/aromatic N) is 5. The van der Waals surface area contributed by atoms with Gasteiger partial charge in [0.1, 0.15) is 0 Å². The van der Waals surface area contributed by atoms with E-state index in [9.17, 15) is 10.1 Å². The van der Waals surface area contributed by atoms with Crippen LogP contribution in [-0.4, -0.2) is 25.1 Å². The number of benzene rings is 1. The maximum absolute atomic E-state index is 10.6. The van der Waals surface area contributed by atoms with Crippen LogP contribution in [0.4, 0.5) is 5.69 Å². The number of aryl methyl sites for hydroxylation is 1. The molecule has 0 radical (unpaired) electrons. The minimum atomic E-state index is -0.423. The average Bonchev–Trinajstić information content (AvgIpc) is 2.69. The van der Waals surface area contributed by atoms with E-state index in [1.54, 1.807) is 19.1 Å². The van der Waals surface area contributed by atoms with Crippen LogP contribution in [0.25, 0.3) is 5.69 Å². The van der Waals surface area contributed by atoms with Gasteiger partial charge in [0.15, 0.2) is 6.33 Å². The first-order valence-electron chi connectivity index (χ1n) is 4.17. The van der Waals surface area contributed by atoms with Gasteiger partial charge in [-0.25, -0.2) is 0 Å². The molecule has 1 aromatic heterocycles. The van der Waals surface area contributed by atoms with Crippen LogP contribution in [0.2, 0.25) is 0 Å². The lowest BCUT2D eigenvalue weighted by molar-refractivity contribution is -0.385. The van der Waals surface area contributed by atoms with E-state index in [-0.39, 0.29) is 5.69 Å². The third kappa shape index (κ3) is 1.66. The van der Waals surface area contributed by atoms with Crippen molar-refractivity contribution in [2.45, 2.75) is 6.92 Å². The fourth-order valence-electron chi connectivity index (χ4n) is 1.25. The van der Waals surface area contributed by atoms with Crippen LogP contribution in [0.15, 0.2) is 24.5 Å². The number of aromatic nitrogens is 4. The van der Waals surface area contributed by atoms with E-state index in [1.165, 1.54) is 17.2 Å². The highest BCUT2D eigenvalue weighted by Crippen LogP contribution is 2.19. The zero-order valence-electron chi connectivity index (χ0n) is 7.86. The number of hydrogen-bond acceptors (Lipinski definition) is 5. The molecule has 0 amide bonds. The quantitative estimate of drug-likeness (QED) is 0.536. The first-order chi connectivity index (χ1) is 7.18. The predicted octanol–water partition coefficient (Wildman–Crippen LogP) is 0.879. The standard InChI is InChI=1S/C8H7N5O2/c1-6-4-7(12-10-5-9-11-12)2-3-8(6)13(14)15/h2-5H,1H3. The van der Waals surface area contributed by atoms with Crippen molar-refractivity contribution in [2.24, 2.45) is 0 Å². The van der Waals surface area contributed by atoms with Gasteiger partial charge >= 0.3 is 0 Å². The van der Waals surface area contributed by atoms with E-state index in [1.807, 2.05) is 0 Å². The molecule has 0 aliphatic carbocycles. The summed E-state index contributed by atoms with van der Waals surface area (Å²) in [5.41, 5.74) is 1.30. The lowest BCUT2D eigenvalue weighted by Gasteiger charge is -2.00. The molecule has 7 heteroatoms. The Labute approximate surface area is 84.5 Å². The van der Waals surface area contributed by atoms with Crippen LogP contribution in [0.5, 0.6) is 0 Å². The van der Waals surface area contributed by atoms with Gasteiger partial charge in [-0.2, -0.15) is 0 Å². The second-order valence-electron chi connectivity index (χ2n) is 2.95. The number of tetrazole rings is 1. The van der Waals surface area contributed by atoms with Crippen molar-refractivity contribution in [1.29, 1.82) is 0 Å². The van der Waals surface area contributed by atoms with Crippen molar-refractivity contribution >= 4 is 5.69 Å². The van der Waals surface area contributed by atoms with Crippen molar-refractivity contribution in [3.63, 3.8) is 0 Å². The molecule has 7 nitrogen and oxygen atoms in total. The number of hydrogen-bond donors (Lipinski definition) is 0. The van der Waals surface area contributed by atoms with Crippen molar-refractivity contribution in [1.82, 2.24) is 20.2 Å². The highest BCUT2D eigenvalue weighted by molar-refractivity contribution is 5.46. The van der Waals surface area contributed by atoms with Gasteiger partial charge in [0.25, 0.3) is 5.69 Å². The molecule has 2 rings (SSSR count). The van der Waals surface area contributed by atoms with E-state index in [0.29, 0.717) is 11.3 Å². The maximum atomic E-state index is 10.6. The number of rotatable bonds is 2. The minimum Gasteiger partial charge on any atom is -0.258 e. The summed E-state index contributed by atoms with van der Waals surface area (Å²) in [6.07, 6.45) is 1.30. The summed E-state index contributed by atoms with van der Waals surface area (Å²) in [5.74, 6) is 0. The van der Waals surface area contributed by atoms with Gasteiger partial charge in [0.05, 0.1) is 10.6 Å². The Balaban J connectivity index is 2.47. The van der Waals surface area contributed by atoms with Crippen LogP contribution < -0.4 is 0 Å². The van der Waals surface area contributed by atoms with Crippen LogP contribution in [0.3, 0.4) is 0 Å². The van der Waals surface area contributed by atoms with Gasteiger partial charge in [0.2, 0.25) is 0 Å². The molecule has 76 valence electrons. The largest absolute Gasteiger partial charge is 0.272 e. The summed E-state index contributed by atoms with van der Waals surface area (Å²) < 4.78 is 0.